The second kappa shape index (κ2) is 5.26. The van der Waals surface area contributed by atoms with Gasteiger partial charge in [0.05, 0.1) is 11.3 Å². The van der Waals surface area contributed by atoms with Crippen molar-refractivity contribution in [2.45, 2.75) is 5.37 Å². The summed E-state index contributed by atoms with van der Waals surface area (Å²) >= 11 is 1.38. The van der Waals surface area contributed by atoms with E-state index in [-0.39, 0.29) is 58.2 Å². The molecule has 3 nitrogen and oxygen atoms in total. The number of carbonyl (C=O) groups excluding carboxylic acids is 1. The van der Waals surface area contributed by atoms with E-state index < -0.39 is 11.3 Å². The largest absolute Gasteiger partial charge is 1.00 e. The van der Waals surface area contributed by atoms with Gasteiger partial charge in [-0.1, -0.05) is 0 Å². The number of aliphatic carboxylic acids is 1. The molecule has 0 bridgehead atoms. The Bertz CT molecular complexity index is 105. The first-order valence-electron chi connectivity index (χ1n) is 2.36. The summed E-state index contributed by atoms with van der Waals surface area (Å²) in [7, 11) is 0. The number of hydrogen-bond acceptors (Lipinski definition) is 4. The van der Waals surface area contributed by atoms with Crippen molar-refractivity contribution in [2.75, 3.05) is 12.3 Å². The molecule has 46 valence electrons. The Morgan fingerprint density at radius 2 is 2.44 bits per heavy atom. The van der Waals surface area contributed by atoms with Gasteiger partial charge in [-0.2, -0.15) is 0 Å². The maximum atomic E-state index is 10.0. The van der Waals surface area contributed by atoms with Crippen molar-refractivity contribution in [1.82, 2.24) is 5.32 Å². The molecular formula is C4H6NO2RbS. The molecule has 0 aromatic rings. The van der Waals surface area contributed by atoms with Gasteiger partial charge in [-0.15, -0.1) is 11.8 Å². The van der Waals surface area contributed by atoms with Crippen molar-refractivity contribution in [2.24, 2.45) is 0 Å². The number of carbonyl (C=O) groups is 1. The second-order valence-corrected chi connectivity index (χ2v) is 2.74. The molecule has 0 aromatic heterocycles. The van der Waals surface area contributed by atoms with Crippen LogP contribution in [0, 0.1) is 0 Å². The first-order valence-corrected chi connectivity index (χ1v) is 3.41. The molecule has 1 unspecified atom stereocenters. The van der Waals surface area contributed by atoms with E-state index in [2.05, 4.69) is 5.32 Å². The Morgan fingerprint density at radius 1 is 1.78 bits per heavy atom. The van der Waals surface area contributed by atoms with E-state index in [9.17, 15) is 9.90 Å². The number of carboxylic acid groups (broad SMARTS) is 1. The van der Waals surface area contributed by atoms with Crippen LogP contribution >= 0.6 is 11.8 Å². The summed E-state index contributed by atoms with van der Waals surface area (Å²) in [4.78, 5) is 10.0. The van der Waals surface area contributed by atoms with Gasteiger partial charge in [-0.25, -0.2) is 0 Å². The van der Waals surface area contributed by atoms with Crippen molar-refractivity contribution in [3.05, 3.63) is 0 Å². The molecule has 1 saturated heterocycles. The van der Waals surface area contributed by atoms with E-state index in [4.69, 9.17) is 0 Å². The van der Waals surface area contributed by atoms with Gasteiger partial charge in [-0.3, -0.25) is 5.32 Å². The number of nitrogens with one attached hydrogen (secondary N) is 1. The zero-order valence-corrected chi connectivity index (χ0v) is 10.9. The summed E-state index contributed by atoms with van der Waals surface area (Å²) < 4.78 is 0. The van der Waals surface area contributed by atoms with E-state index in [1.807, 2.05) is 0 Å². The summed E-state index contributed by atoms with van der Waals surface area (Å²) in [5.41, 5.74) is 0. The summed E-state index contributed by atoms with van der Waals surface area (Å²) in [6.45, 7) is 0.781. The van der Waals surface area contributed by atoms with Crippen LogP contribution < -0.4 is 68.6 Å². The van der Waals surface area contributed by atoms with Crippen LogP contribution in [0.4, 0.5) is 0 Å². The average molecular weight is 218 g/mol. The van der Waals surface area contributed by atoms with Gasteiger partial charge < -0.3 is 9.90 Å². The summed E-state index contributed by atoms with van der Waals surface area (Å²) in [6.07, 6.45) is 0. The van der Waals surface area contributed by atoms with E-state index in [1.165, 1.54) is 11.8 Å². The zero-order valence-electron chi connectivity index (χ0n) is 5.22. The molecular weight excluding hydrogens is 212 g/mol. The minimum atomic E-state index is -1.01. The fourth-order valence-electron chi connectivity index (χ4n) is 0.577. The third kappa shape index (κ3) is 3.48. The fourth-order valence-corrected chi connectivity index (χ4v) is 1.42. The van der Waals surface area contributed by atoms with Crippen LogP contribution in [0.3, 0.4) is 0 Å². The topological polar surface area (TPSA) is 52.2 Å². The average Bonchev–Trinajstić information content (AvgIpc) is 2.12. The van der Waals surface area contributed by atoms with Crippen molar-refractivity contribution >= 4 is 17.7 Å². The molecule has 0 amide bonds. The molecule has 0 aromatic carbocycles. The molecule has 0 aliphatic carbocycles. The first kappa shape index (κ1) is 10.6. The molecule has 5 heteroatoms. The van der Waals surface area contributed by atoms with Crippen LogP contribution in [0.25, 0.3) is 0 Å². The van der Waals surface area contributed by atoms with Crippen LogP contribution in [-0.2, 0) is 4.79 Å². The Balaban J connectivity index is 0.000000640. The molecule has 1 N–H and O–H groups in total. The zero-order chi connectivity index (χ0) is 5.98. The Morgan fingerprint density at radius 3 is 2.67 bits per heavy atom. The van der Waals surface area contributed by atoms with Crippen molar-refractivity contribution < 1.29 is 68.1 Å². The predicted molar refractivity (Wildman–Crippen MR) is 29.3 cm³/mol. The van der Waals surface area contributed by atoms with Crippen LogP contribution in [0.1, 0.15) is 0 Å². The van der Waals surface area contributed by atoms with Crippen molar-refractivity contribution in [3.8, 4) is 0 Å². The molecule has 0 spiro atoms. The molecule has 1 aliphatic rings. The normalized spacial score (nSPS) is 25.1. The smallest absolute Gasteiger partial charge is 0.547 e. The molecule has 1 atom stereocenters. The Labute approximate surface area is 107 Å². The standard InChI is InChI=1S/C4H7NO2S.Rb/c6-4(7)3-5-1-2-8-3;/h3,5H,1-2H2,(H,6,7);/q;+1/p-1. The van der Waals surface area contributed by atoms with Gasteiger partial charge in [-0.05, 0) is 0 Å². The quantitative estimate of drug-likeness (QED) is 0.481. The Kier molecular flexibility index (Phi) is 6.19. The van der Waals surface area contributed by atoms with E-state index >= 15 is 0 Å². The van der Waals surface area contributed by atoms with Crippen LogP contribution in [0.2, 0.25) is 0 Å². The third-order valence-electron chi connectivity index (χ3n) is 0.930. The second-order valence-electron chi connectivity index (χ2n) is 1.52. The molecule has 9 heavy (non-hydrogen) atoms. The van der Waals surface area contributed by atoms with Gasteiger partial charge in [0.2, 0.25) is 0 Å². The van der Waals surface area contributed by atoms with E-state index in [0.29, 0.717) is 0 Å². The van der Waals surface area contributed by atoms with E-state index in [1.54, 1.807) is 0 Å². The summed E-state index contributed by atoms with van der Waals surface area (Å²) in [5, 5.41) is 12.3. The molecule has 1 aliphatic heterocycles. The van der Waals surface area contributed by atoms with Gasteiger partial charge in [0, 0.05) is 12.3 Å². The van der Waals surface area contributed by atoms with Gasteiger partial charge in [0.25, 0.3) is 0 Å². The molecule has 1 fully saturated rings. The van der Waals surface area contributed by atoms with Crippen molar-refractivity contribution in [1.29, 1.82) is 0 Å². The summed E-state index contributed by atoms with van der Waals surface area (Å²) in [6, 6.07) is 0. The number of thioether (sulfide) groups is 1. The third-order valence-corrected chi connectivity index (χ3v) is 2.06. The molecule has 0 radical (unpaired) electrons. The fraction of sp³-hybridized carbons (Fsp3) is 0.750. The SMILES string of the molecule is O=C([O-])C1NCCS1.[Rb+]. The van der Waals surface area contributed by atoms with E-state index in [0.717, 1.165) is 12.3 Å². The minimum absolute atomic E-state index is 0. The van der Waals surface area contributed by atoms with Crippen molar-refractivity contribution in [3.63, 3.8) is 0 Å². The monoisotopic (exact) mass is 217 g/mol. The van der Waals surface area contributed by atoms with Gasteiger partial charge in [0.15, 0.2) is 0 Å². The number of carboxylic acids is 1. The molecule has 1 heterocycles. The number of rotatable bonds is 1. The summed E-state index contributed by atoms with van der Waals surface area (Å²) in [5.74, 6) is -0.133. The number of hydrogen-bond donors (Lipinski definition) is 1. The van der Waals surface area contributed by atoms with Crippen LogP contribution in [0.5, 0.6) is 0 Å². The van der Waals surface area contributed by atoms with Gasteiger partial charge >= 0.3 is 58.2 Å². The Hall–Kier alpha value is 1.59. The maximum absolute atomic E-state index is 10.0. The van der Waals surface area contributed by atoms with Gasteiger partial charge in [0.1, 0.15) is 0 Å². The first-order chi connectivity index (χ1) is 3.80. The van der Waals surface area contributed by atoms with Crippen LogP contribution in [0.15, 0.2) is 0 Å². The molecule has 0 saturated carbocycles. The predicted octanol–water partition coefficient (Wildman–Crippen LogP) is -4.60. The van der Waals surface area contributed by atoms with Crippen LogP contribution in [-0.4, -0.2) is 23.6 Å². The minimum Gasteiger partial charge on any atom is -0.547 e. The molecule has 1 rings (SSSR count). The maximum Gasteiger partial charge on any atom is 1.00 e.